The van der Waals surface area contributed by atoms with Gasteiger partial charge in [0, 0.05) is 29.0 Å². The molecule has 0 aliphatic carbocycles. The molecule has 0 bridgehead atoms. The summed E-state index contributed by atoms with van der Waals surface area (Å²) in [7, 11) is 0. The topological polar surface area (TPSA) is 84.1 Å². The normalized spacial score (nSPS) is 10.6. The van der Waals surface area contributed by atoms with Gasteiger partial charge in [-0.05, 0) is 55.8 Å². The first-order valence-corrected chi connectivity index (χ1v) is 10.3. The van der Waals surface area contributed by atoms with E-state index in [0.717, 1.165) is 38.9 Å². The third-order valence-electron chi connectivity index (χ3n) is 4.69. The van der Waals surface area contributed by atoms with Gasteiger partial charge in [0.15, 0.2) is 5.13 Å². The number of carbonyl (C=O) groups excluding carboxylic acids is 1. The Bertz CT molecular complexity index is 1170. The zero-order chi connectivity index (χ0) is 21.1. The molecule has 0 radical (unpaired) electrons. The molecule has 4 rings (SSSR count). The van der Waals surface area contributed by atoms with E-state index in [4.69, 9.17) is 5.73 Å². The van der Waals surface area contributed by atoms with Crippen LogP contribution in [-0.2, 0) is 0 Å². The fourth-order valence-corrected chi connectivity index (χ4v) is 3.81. The highest BCUT2D eigenvalue weighted by Gasteiger charge is 2.16. The van der Waals surface area contributed by atoms with E-state index >= 15 is 0 Å². The smallest absolute Gasteiger partial charge is 0.323 e. The number of nitrogens with two attached hydrogens (primary N) is 1. The van der Waals surface area contributed by atoms with E-state index in [9.17, 15) is 4.79 Å². The molecule has 0 atom stereocenters. The number of hydrogen-bond donors (Lipinski definition) is 2. The van der Waals surface area contributed by atoms with Crippen molar-refractivity contribution in [3.63, 3.8) is 0 Å². The zero-order valence-corrected chi connectivity index (χ0v) is 17.5. The largest absolute Gasteiger partial charge is 0.351 e. The van der Waals surface area contributed by atoms with Crippen molar-refractivity contribution in [1.82, 2.24) is 9.97 Å². The molecule has 30 heavy (non-hydrogen) atoms. The van der Waals surface area contributed by atoms with Gasteiger partial charge in [0.05, 0.1) is 17.1 Å². The molecule has 0 saturated heterocycles. The number of primary amides is 1. The monoisotopic (exact) mass is 415 g/mol. The number of thiazole rings is 1. The Hall–Kier alpha value is -3.71. The van der Waals surface area contributed by atoms with Gasteiger partial charge in [-0.15, -0.1) is 11.3 Å². The van der Waals surface area contributed by atoms with Crippen LogP contribution < -0.4 is 16.0 Å². The Balaban J connectivity index is 1.64. The first-order chi connectivity index (χ1) is 14.5. The summed E-state index contributed by atoms with van der Waals surface area (Å²) in [4.78, 5) is 22.5. The van der Waals surface area contributed by atoms with Gasteiger partial charge in [-0.2, -0.15) is 0 Å². The second-order valence-corrected chi connectivity index (χ2v) is 7.77. The first kappa shape index (κ1) is 19.6. The lowest BCUT2D eigenvalue weighted by Crippen LogP contribution is -2.31. The highest BCUT2D eigenvalue weighted by Crippen LogP contribution is 2.32. The van der Waals surface area contributed by atoms with Crippen LogP contribution in [0.4, 0.5) is 27.0 Å². The number of benzene rings is 2. The SMILES string of the molecule is Cc1ccc(N(C(N)=O)c2ccc(C)c(Nc3nc(-c4cccnc4)cs3)c2)cc1. The van der Waals surface area contributed by atoms with Crippen LogP contribution in [0.2, 0.25) is 0 Å². The molecule has 6 nitrogen and oxygen atoms in total. The quantitative estimate of drug-likeness (QED) is 0.432. The second-order valence-electron chi connectivity index (χ2n) is 6.91. The molecule has 3 N–H and O–H groups in total. The summed E-state index contributed by atoms with van der Waals surface area (Å²) in [6, 6.07) is 16.7. The van der Waals surface area contributed by atoms with Gasteiger partial charge in [0.2, 0.25) is 0 Å². The lowest BCUT2D eigenvalue weighted by Gasteiger charge is -2.22. The summed E-state index contributed by atoms with van der Waals surface area (Å²) in [6.07, 6.45) is 3.53. The van der Waals surface area contributed by atoms with Crippen molar-refractivity contribution in [2.24, 2.45) is 5.73 Å². The molecule has 2 aromatic carbocycles. The third kappa shape index (κ3) is 4.16. The average Bonchev–Trinajstić information content (AvgIpc) is 3.21. The Morgan fingerprint density at radius 3 is 2.53 bits per heavy atom. The maximum atomic E-state index is 12.2. The zero-order valence-electron chi connectivity index (χ0n) is 16.7. The number of nitrogens with one attached hydrogen (secondary N) is 1. The number of aromatic nitrogens is 2. The van der Waals surface area contributed by atoms with E-state index < -0.39 is 6.03 Å². The third-order valence-corrected chi connectivity index (χ3v) is 5.45. The Kier molecular flexibility index (Phi) is 5.45. The van der Waals surface area contributed by atoms with Crippen molar-refractivity contribution in [2.75, 3.05) is 10.2 Å². The summed E-state index contributed by atoms with van der Waals surface area (Å²) in [6.45, 7) is 4.00. The Labute approximate surface area is 179 Å². The Morgan fingerprint density at radius 2 is 1.83 bits per heavy atom. The number of rotatable bonds is 5. The molecule has 0 fully saturated rings. The van der Waals surface area contributed by atoms with Gasteiger partial charge >= 0.3 is 6.03 Å². The fourth-order valence-electron chi connectivity index (χ4n) is 3.07. The summed E-state index contributed by atoms with van der Waals surface area (Å²) in [5, 5.41) is 6.11. The van der Waals surface area contributed by atoms with E-state index in [1.807, 2.05) is 73.8 Å². The maximum absolute atomic E-state index is 12.2. The lowest BCUT2D eigenvalue weighted by atomic mass is 10.1. The molecule has 0 aliphatic rings. The van der Waals surface area contributed by atoms with E-state index in [0.29, 0.717) is 5.69 Å². The van der Waals surface area contributed by atoms with E-state index in [1.165, 1.54) is 16.2 Å². The number of aryl methyl sites for hydroxylation is 2. The highest BCUT2D eigenvalue weighted by molar-refractivity contribution is 7.14. The Morgan fingerprint density at radius 1 is 1.07 bits per heavy atom. The van der Waals surface area contributed by atoms with E-state index in [1.54, 1.807) is 12.4 Å². The first-order valence-electron chi connectivity index (χ1n) is 9.41. The molecule has 7 heteroatoms. The van der Waals surface area contributed by atoms with Crippen LogP contribution in [-0.4, -0.2) is 16.0 Å². The molecule has 0 saturated carbocycles. The number of nitrogens with zero attached hydrogens (tertiary/aromatic N) is 3. The van der Waals surface area contributed by atoms with Crippen LogP contribution in [0.1, 0.15) is 11.1 Å². The lowest BCUT2D eigenvalue weighted by molar-refractivity contribution is 0.256. The minimum atomic E-state index is -0.540. The van der Waals surface area contributed by atoms with Crippen LogP contribution in [0, 0.1) is 13.8 Å². The van der Waals surface area contributed by atoms with E-state index in [2.05, 4.69) is 15.3 Å². The average molecular weight is 416 g/mol. The molecule has 2 amide bonds. The summed E-state index contributed by atoms with van der Waals surface area (Å²) in [5.74, 6) is 0. The number of urea groups is 1. The van der Waals surface area contributed by atoms with Crippen molar-refractivity contribution >= 4 is 39.6 Å². The number of hydrogen-bond acceptors (Lipinski definition) is 5. The molecule has 0 aliphatic heterocycles. The molecule has 2 aromatic heterocycles. The van der Waals surface area contributed by atoms with Crippen molar-refractivity contribution in [2.45, 2.75) is 13.8 Å². The van der Waals surface area contributed by atoms with Crippen molar-refractivity contribution < 1.29 is 4.79 Å². The highest BCUT2D eigenvalue weighted by atomic mass is 32.1. The molecule has 150 valence electrons. The fraction of sp³-hybridized carbons (Fsp3) is 0.0870. The second kappa shape index (κ2) is 8.34. The molecule has 0 spiro atoms. The molecule has 4 aromatic rings. The van der Waals surface area contributed by atoms with Crippen molar-refractivity contribution in [1.29, 1.82) is 0 Å². The molecule has 0 unspecified atom stereocenters. The van der Waals surface area contributed by atoms with Crippen LogP contribution in [0.5, 0.6) is 0 Å². The standard InChI is InChI=1S/C23H21N5OS/c1-15-5-8-18(9-6-15)28(22(24)29)19-10-7-16(2)20(12-19)26-23-27-21(14-30-23)17-4-3-11-25-13-17/h3-14H,1-2H3,(H2,24,29)(H,26,27). The van der Waals surface area contributed by atoms with E-state index in [-0.39, 0.29) is 0 Å². The number of carbonyl (C=O) groups is 1. The van der Waals surface area contributed by atoms with Gasteiger partial charge in [0.1, 0.15) is 0 Å². The molecular formula is C23H21N5OS. The number of amides is 2. The van der Waals surface area contributed by atoms with Crippen LogP contribution in [0.15, 0.2) is 72.4 Å². The minimum absolute atomic E-state index is 0.540. The van der Waals surface area contributed by atoms with Gasteiger partial charge in [-0.25, -0.2) is 9.78 Å². The van der Waals surface area contributed by atoms with Gasteiger partial charge < -0.3 is 11.1 Å². The summed E-state index contributed by atoms with van der Waals surface area (Å²) in [5.41, 5.74) is 11.9. The summed E-state index contributed by atoms with van der Waals surface area (Å²) < 4.78 is 0. The van der Waals surface area contributed by atoms with Gasteiger partial charge in [-0.3, -0.25) is 9.88 Å². The minimum Gasteiger partial charge on any atom is -0.351 e. The maximum Gasteiger partial charge on any atom is 0.323 e. The number of pyridine rings is 1. The molecular weight excluding hydrogens is 394 g/mol. The van der Waals surface area contributed by atoms with Gasteiger partial charge in [-0.1, -0.05) is 23.8 Å². The van der Waals surface area contributed by atoms with Crippen LogP contribution >= 0.6 is 11.3 Å². The van der Waals surface area contributed by atoms with Crippen molar-refractivity contribution in [3.8, 4) is 11.3 Å². The van der Waals surface area contributed by atoms with Crippen LogP contribution in [0.3, 0.4) is 0 Å². The summed E-state index contributed by atoms with van der Waals surface area (Å²) >= 11 is 1.51. The predicted octanol–water partition coefficient (Wildman–Crippen LogP) is 5.78. The number of anilines is 4. The van der Waals surface area contributed by atoms with Crippen LogP contribution in [0.25, 0.3) is 11.3 Å². The molecule has 2 heterocycles. The predicted molar refractivity (Wildman–Crippen MR) is 123 cm³/mol. The van der Waals surface area contributed by atoms with Crippen molar-refractivity contribution in [3.05, 3.63) is 83.5 Å². The van der Waals surface area contributed by atoms with Gasteiger partial charge in [0.25, 0.3) is 0 Å².